The van der Waals surface area contributed by atoms with E-state index < -0.39 is 10.7 Å². The van der Waals surface area contributed by atoms with Gasteiger partial charge in [-0.05, 0) is 73.0 Å². The molecule has 0 unspecified atom stereocenters. The molecule has 0 radical (unpaired) electrons. The Morgan fingerprint density at radius 3 is 1.83 bits per heavy atom. The third-order valence-electron chi connectivity index (χ3n) is 4.21. The standard InChI is InChI=1S/C20H22N2OS/c1-14-15(2)17-10-6-8-12-19(17)24(21-20(23)13-22(3)4)18-11-7-5-9-16(14)18/h5-12H,13H2,1-4H3. The molecule has 2 aromatic carbocycles. The molecule has 0 atom stereocenters. The van der Waals surface area contributed by atoms with Gasteiger partial charge in [0.15, 0.2) is 0 Å². The predicted octanol–water partition coefficient (Wildman–Crippen LogP) is 4.26. The summed E-state index contributed by atoms with van der Waals surface area (Å²) >= 11 is 0. The van der Waals surface area contributed by atoms with Gasteiger partial charge in [0.1, 0.15) is 0 Å². The number of hydrogen-bond acceptors (Lipinski definition) is 2. The summed E-state index contributed by atoms with van der Waals surface area (Å²) in [5.41, 5.74) is 4.89. The second-order valence-corrected chi connectivity index (χ2v) is 7.88. The smallest absolute Gasteiger partial charge is 0.266 e. The Morgan fingerprint density at radius 2 is 1.38 bits per heavy atom. The summed E-state index contributed by atoms with van der Waals surface area (Å²) in [6.07, 6.45) is 0. The quantitative estimate of drug-likeness (QED) is 0.819. The molecule has 2 aromatic rings. The molecule has 1 aliphatic heterocycles. The summed E-state index contributed by atoms with van der Waals surface area (Å²) < 4.78 is 4.61. The minimum Gasteiger partial charge on any atom is -0.301 e. The van der Waals surface area contributed by atoms with Gasteiger partial charge in [-0.25, -0.2) is 0 Å². The first-order chi connectivity index (χ1) is 11.5. The maximum atomic E-state index is 12.4. The molecule has 0 N–H and O–H groups in total. The van der Waals surface area contributed by atoms with Crippen molar-refractivity contribution in [2.24, 2.45) is 4.36 Å². The number of rotatable bonds is 2. The highest BCUT2D eigenvalue weighted by molar-refractivity contribution is 7.88. The van der Waals surface area contributed by atoms with Crippen LogP contribution in [-0.2, 0) is 15.5 Å². The zero-order valence-electron chi connectivity index (χ0n) is 14.5. The number of amides is 1. The predicted molar refractivity (Wildman–Crippen MR) is 101 cm³/mol. The first kappa shape index (κ1) is 16.8. The average molecular weight is 338 g/mol. The number of fused-ring (bicyclic) bond motifs is 2. The van der Waals surface area contributed by atoms with Gasteiger partial charge < -0.3 is 4.90 Å². The highest BCUT2D eigenvalue weighted by Gasteiger charge is 2.21. The Morgan fingerprint density at radius 1 is 0.917 bits per heavy atom. The SMILES string of the molecule is CC1=C(C)c2ccccc2S(=NC(=O)CN(C)C)c2ccccc21. The van der Waals surface area contributed by atoms with Gasteiger partial charge >= 0.3 is 0 Å². The molecule has 24 heavy (non-hydrogen) atoms. The summed E-state index contributed by atoms with van der Waals surface area (Å²) in [4.78, 5) is 16.5. The lowest BCUT2D eigenvalue weighted by molar-refractivity contribution is -0.118. The normalized spacial score (nSPS) is 14.2. The average Bonchev–Trinajstić information content (AvgIpc) is 2.65. The van der Waals surface area contributed by atoms with Crippen molar-refractivity contribution in [2.45, 2.75) is 23.6 Å². The molecule has 124 valence electrons. The topological polar surface area (TPSA) is 32.7 Å². The number of carbonyl (C=O) groups excluding carboxylic acids is 1. The van der Waals surface area contributed by atoms with Gasteiger partial charge in [0.05, 0.1) is 6.54 Å². The van der Waals surface area contributed by atoms with Gasteiger partial charge in [-0.1, -0.05) is 36.4 Å². The van der Waals surface area contributed by atoms with Gasteiger partial charge in [-0.2, -0.15) is 4.36 Å². The van der Waals surface area contributed by atoms with Gasteiger partial charge in [-0.3, -0.25) is 4.79 Å². The summed E-state index contributed by atoms with van der Waals surface area (Å²) in [6, 6.07) is 16.6. The van der Waals surface area contributed by atoms with E-state index >= 15 is 0 Å². The first-order valence-electron chi connectivity index (χ1n) is 7.99. The third kappa shape index (κ3) is 3.12. The lowest BCUT2D eigenvalue weighted by Gasteiger charge is -2.13. The molecule has 3 rings (SSSR count). The van der Waals surface area contributed by atoms with E-state index in [4.69, 9.17) is 0 Å². The Bertz CT molecular complexity index is 808. The second kappa shape index (κ2) is 6.83. The van der Waals surface area contributed by atoms with Crippen LogP contribution in [0.4, 0.5) is 0 Å². The van der Waals surface area contributed by atoms with Crippen LogP contribution in [0.1, 0.15) is 25.0 Å². The van der Waals surface area contributed by atoms with Crippen molar-refractivity contribution in [1.29, 1.82) is 0 Å². The minimum absolute atomic E-state index is 0.0786. The summed E-state index contributed by atoms with van der Waals surface area (Å²) in [5.74, 6) is -0.0786. The maximum absolute atomic E-state index is 12.4. The van der Waals surface area contributed by atoms with Crippen molar-refractivity contribution in [3.63, 3.8) is 0 Å². The molecule has 1 heterocycles. The minimum atomic E-state index is -0.593. The Hall–Kier alpha value is -2.04. The molecule has 0 spiro atoms. The fourth-order valence-corrected chi connectivity index (χ4v) is 4.88. The van der Waals surface area contributed by atoms with Crippen molar-refractivity contribution in [3.05, 3.63) is 59.7 Å². The molecule has 0 aliphatic carbocycles. The summed E-state index contributed by atoms with van der Waals surface area (Å²) in [6.45, 7) is 4.64. The largest absolute Gasteiger partial charge is 0.301 e. The Kier molecular flexibility index (Phi) is 4.78. The molecule has 1 amide bonds. The van der Waals surface area contributed by atoms with Gasteiger partial charge in [-0.15, -0.1) is 0 Å². The highest BCUT2D eigenvalue weighted by Crippen LogP contribution is 2.38. The van der Waals surface area contributed by atoms with Crippen LogP contribution in [0, 0.1) is 0 Å². The van der Waals surface area contributed by atoms with E-state index in [0.29, 0.717) is 6.54 Å². The molecule has 0 saturated heterocycles. The molecular formula is C20H22N2OS. The fourth-order valence-electron chi connectivity index (χ4n) is 2.91. The lowest BCUT2D eigenvalue weighted by Crippen LogP contribution is -2.20. The van der Waals surface area contributed by atoms with E-state index in [9.17, 15) is 4.79 Å². The van der Waals surface area contributed by atoms with Crippen LogP contribution in [0.2, 0.25) is 0 Å². The van der Waals surface area contributed by atoms with Gasteiger partial charge in [0.25, 0.3) is 5.91 Å². The maximum Gasteiger partial charge on any atom is 0.266 e. The van der Waals surface area contributed by atoms with E-state index in [0.717, 1.165) is 9.79 Å². The van der Waals surface area contributed by atoms with E-state index in [1.54, 1.807) is 0 Å². The van der Waals surface area contributed by atoms with Crippen LogP contribution >= 0.6 is 0 Å². The van der Waals surface area contributed by atoms with E-state index in [1.807, 2.05) is 31.1 Å². The number of allylic oxidation sites excluding steroid dienone is 2. The molecular weight excluding hydrogens is 316 g/mol. The van der Waals surface area contributed by atoms with E-state index in [1.165, 1.54) is 22.3 Å². The Balaban J connectivity index is 2.28. The summed E-state index contributed by atoms with van der Waals surface area (Å²) in [7, 11) is 3.19. The molecule has 0 bridgehead atoms. The van der Waals surface area contributed by atoms with Crippen LogP contribution < -0.4 is 0 Å². The first-order valence-corrected chi connectivity index (χ1v) is 9.17. The van der Waals surface area contributed by atoms with Gasteiger partial charge in [0, 0.05) is 9.79 Å². The molecule has 4 heteroatoms. The second-order valence-electron chi connectivity index (χ2n) is 6.25. The van der Waals surface area contributed by atoms with Crippen LogP contribution in [0.3, 0.4) is 0 Å². The molecule has 0 aromatic heterocycles. The fraction of sp³-hybridized carbons (Fsp3) is 0.250. The highest BCUT2D eigenvalue weighted by atomic mass is 32.2. The number of benzene rings is 2. The molecule has 3 nitrogen and oxygen atoms in total. The van der Waals surface area contributed by atoms with E-state index in [-0.39, 0.29) is 5.91 Å². The van der Waals surface area contributed by atoms with E-state index in [2.05, 4.69) is 54.6 Å². The van der Waals surface area contributed by atoms with Crippen molar-refractivity contribution >= 4 is 27.7 Å². The zero-order chi connectivity index (χ0) is 17.3. The van der Waals surface area contributed by atoms with Crippen LogP contribution in [-0.4, -0.2) is 31.4 Å². The lowest BCUT2D eigenvalue weighted by atomic mass is 9.97. The number of carbonyl (C=O) groups is 1. The number of nitrogens with zero attached hydrogens (tertiary/aromatic N) is 2. The van der Waals surface area contributed by atoms with Crippen molar-refractivity contribution in [3.8, 4) is 0 Å². The number of hydrogen-bond donors (Lipinski definition) is 0. The van der Waals surface area contributed by atoms with Gasteiger partial charge in [0.2, 0.25) is 0 Å². The summed E-state index contributed by atoms with van der Waals surface area (Å²) in [5, 5.41) is 0. The number of likely N-dealkylation sites (N-methyl/N-ethyl adjacent to an activating group) is 1. The van der Waals surface area contributed by atoms with Crippen LogP contribution in [0.5, 0.6) is 0 Å². The van der Waals surface area contributed by atoms with Crippen molar-refractivity contribution < 1.29 is 4.79 Å². The monoisotopic (exact) mass is 338 g/mol. The molecule has 1 aliphatic rings. The third-order valence-corrected chi connectivity index (χ3v) is 6.14. The van der Waals surface area contributed by atoms with Crippen LogP contribution in [0.25, 0.3) is 11.1 Å². The van der Waals surface area contributed by atoms with Crippen molar-refractivity contribution in [2.75, 3.05) is 20.6 Å². The Labute approximate surface area is 146 Å². The zero-order valence-corrected chi connectivity index (χ0v) is 15.4. The molecule has 0 fully saturated rings. The van der Waals surface area contributed by atoms with Crippen LogP contribution in [0.15, 0.2) is 62.7 Å². The van der Waals surface area contributed by atoms with Crippen molar-refractivity contribution in [1.82, 2.24) is 4.90 Å². The molecule has 0 saturated carbocycles.